The molecule has 5 heteroatoms. The second-order valence-electron chi connectivity index (χ2n) is 4.58. The van der Waals surface area contributed by atoms with Gasteiger partial charge in [-0.05, 0) is 25.3 Å². The molecule has 0 saturated carbocycles. The number of alkyl halides is 3. The molecule has 0 aliphatic heterocycles. The topological polar surface area (TPSA) is 21.3 Å². The molecule has 0 aliphatic rings. The summed E-state index contributed by atoms with van der Waals surface area (Å²) in [4.78, 5) is 0. The van der Waals surface area contributed by atoms with Crippen LogP contribution in [0.3, 0.4) is 0 Å². The molecule has 17 heavy (non-hydrogen) atoms. The van der Waals surface area contributed by atoms with Gasteiger partial charge in [0.15, 0.2) is 0 Å². The summed E-state index contributed by atoms with van der Waals surface area (Å²) in [6.45, 7) is 7.90. The van der Waals surface area contributed by atoms with Gasteiger partial charge in [0.1, 0.15) is 0 Å². The van der Waals surface area contributed by atoms with Crippen molar-refractivity contribution in [2.75, 3.05) is 19.7 Å². The van der Waals surface area contributed by atoms with Crippen LogP contribution in [0.25, 0.3) is 0 Å². The van der Waals surface area contributed by atoms with Crippen molar-refractivity contribution >= 4 is 0 Å². The van der Waals surface area contributed by atoms with Gasteiger partial charge in [-0.1, -0.05) is 20.8 Å². The molecule has 1 unspecified atom stereocenters. The Hall–Kier alpha value is -0.290. The summed E-state index contributed by atoms with van der Waals surface area (Å²) in [5.74, 6) is 0.310. The number of halogens is 3. The maximum Gasteiger partial charge on any atom is 0.389 e. The zero-order valence-corrected chi connectivity index (χ0v) is 10.9. The van der Waals surface area contributed by atoms with Gasteiger partial charge in [0, 0.05) is 19.6 Å². The molecule has 0 bridgehead atoms. The molecule has 0 heterocycles. The summed E-state index contributed by atoms with van der Waals surface area (Å²) in [6.07, 6.45) is -3.76. The molecule has 0 rings (SSSR count). The number of nitrogens with one attached hydrogen (secondary N) is 1. The number of hydrogen-bond acceptors (Lipinski definition) is 2. The van der Waals surface area contributed by atoms with Crippen LogP contribution in [0.15, 0.2) is 0 Å². The summed E-state index contributed by atoms with van der Waals surface area (Å²) in [7, 11) is 0. The van der Waals surface area contributed by atoms with Crippen molar-refractivity contribution in [1.82, 2.24) is 5.32 Å². The van der Waals surface area contributed by atoms with E-state index in [9.17, 15) is 13.2 Å². The normalized spacial score (nSPS) is 14.3. The molecule has 0 aliphatic carbocycles. The van der Waals surface area contributed by atoms with Crippen LogP contribution in [-0.4, -0.2) is 32.0 Å². The van der Waals surface area contributed by atoms with Crippen LogP contribution in [-0.2, 0) is 4.74 Å². The largest absolute Gasteiger partial charge is 0.389 e. The highest BCUT2D eigenvalue weighted by Gasteiger charge is 2.26. The lowest BCUT2D eigenvalue weighted by Crippen LogP contribution is -2.34. The third-order valence-electron chi connectivity index (χ3n) is 2.45. The van der Waals surface area contributed by atoms with Crippen LogP contribution in [0.2, 0.25) is 0 Å². The van der Waals surface area contributed by atoms with Crippen molar-refractivity contribution in [2.45, 2.75) is 52.3 Å². The fourth-order valence-corrected chi connectivity index (χ4v) is 1.42. The smallest absolute Gasteiger partial charge is 0.377 e. The van der Waals surface area contributed by atoms with Crippen LogP contribution in [0.5, 0.6) is 0 Å². The van der Waals surface area contributed by atoms with E-state index in [-0.39, 0.29) is 19.1 Å². The molecule has 0 aromatic rings. The minimum absolute atomic E-state index is 0.00483. The van der Waals surface area contributed by atoms with E-state index in [1.54, 1.807) is 0 Å². The first-order chi connectivity index (χ1) is 7.87. The van der Waals surface area contributed by atoms with E-state index in [1.807, 2.05) is 13.8 Å². The molecule has 1 atom stereocenters. The third kappa shape index (κ3) is 10.6. The lowest BCUT2D eigenvalue weighted by Gasteiger charge is -2.22. The van der Waals surface area contributed by atoms with E-state index in [2.05, 4.69) is 12.2 Å². The van der Waals surface area contributed by atoms with E-state index < -0.39 is 12.6 Å². The Bertz CT molecular complexity index is 183. The van der Waals surface area contributed by atoms with Gasteiger partial charge >= 0.3 is 6.18 Å². The maximum absolute atomic E-state index is 11.9. The SMILES string of the molecule is CCCNCC(OCCCC(F)(F)F)C(C)C. The Labute approximate surface area is 102 Å². The predicted molar refractivity (Wildman–Crippen MR) is 63.0 cm³/mol. The van der Waals surface area contributed by atoms with Crippen LogP contribution in [0.4, 0.5) is 13.2 Å². The van der Waals surface area contributed by atoms with E-state index in [1.165, 1.54) is 0 Å². The summed E-state index contributed by atoms with van der Waals surface area (Å²) in [5.41, 5.74) is 0. The predicted octanol–water partition coefficient (Wildman–Crippen LogP) is 3.37. The first-order valence-corrected chi connectivity index (χ1v) is 6.26. The monoisotopic (exact) mass is 255 g/mol. The molecule has 0 spiro atoms. The van der Waals surface area contributed by atoms with Gasteiger partial charge in [-0.15, -0.1) is 0 Å². The second kappa shape index (κ2) is 8.75. The summed E-state index contributed by atoms with van der Waals surface area (Å²) in [5, 5.41) is 3.23. The van der Waals surface area contributed by atoms with E-state index in [0.29, 0.717) is 12.5 Å². The minimum atomic E-state index is -4.07. The quantitative estimate of drug-likeness (QED) is 0.638. The Kier molecular flexibility index (Phi) is 8.60. The maximum atomic E-state index is 11.9. The summed E-state index contributed by atoms with van der Waals surface area (Å²) >= 11 is 0. The zero-order chi connectivity index (χ0) is 13.3. The van der Waals surface area contributed by atoms with Gasteiger partial charge in [-0.3, -0.25) is 0 Å². The van der Waals surface area contributed by atoms with Crippen LogP contribution < -0.4 is 5.32 Å². The fraction of sp³-hybridized carbons (Fsp3) is 1.00. The molecular formula is C12H24F3NO. The lowest BCUT2D eigenvalue weighted by molar-refractivity contribution is -0.139. The number of hydrogen-bond donors (Lipinski definition) is 1. The highest BCUT2D eigenvalue weighted by molar-refractivity contribution is 4.66. The lowest BCUT2D eigenvalue weighted by atomic mass is 10.1. The first kappa shape index (κ1) is 16.7. The van der Waals surface area contributed by atoms with Gasteiger partial charge in [0.05, 0.1) is 6.10 Å². The minimum Gasteiger partial charge on any atom is -0.377 e. The van der Waals surface area contributed by atoms with Crippen molar-refractivity contribution in [3.05, 3.63) is 0 Å². The molecule has 0 amide bonds. The second-order valence-corrected chi connectivity index (χ2v) is 4.58. The van der Waals surface area contributed by atoms with E-state index in [4.69, 9.17) is 4.74 Å². The molecule has 2 nitrogen and oxygen atoms in total. The summed E-state index contributed by atoms with van der Waals surface area (Å²) < 4.78 is 41.2. The Balaban J connectivity index is 3.70. The molecule has 0 saturated heterocycles. The summed E-state index contributed by atoms with van der Waals surface area (Å²) in [6, 6.07) is 0. The van der Waals surface area contributed by atoms with Crippen LogP contribution >= 0.6 is 0 Å². The Morgan fingerprint density at radius 3 is 2.35 bits per heavy atom. The third-order valence-corrected chi connectivity index (χ3v) is 2.45. The number of ether oxygens (including phenoxy) is 1. The average Bonchev–Trinajstić information content (AvgIpc) is 2.19. The van der Waals surface area contributed by atoms with Gasteiger partial charge in [-0.2, -0.15) is 13.2 Å². The fourth-order valence-electron chi connectivity index (χ4n) is 1.42. The van der Waals surface area contributed by atoms with Crippen molar-refractivity contribution < 1.29 is 17.9 Å². The van der Waals surface area contributed by atoms with E-state index >= 15 is 0 Å². The van der Waals surface area contributed by atoms with Gasteiger partial charge in [0.2, 0.25) is 0 Å². The van der Waals surface area contributed by atoms with Crippen molar-refractivity contribution in [3.63, 3.8) is 0 Å². The molecule has 104 valence electrons. The van der Waals surface area contributed by atoms with Gasteiger partial charge in [-0.25, -0.2) is 0 Å². The molecule has 0 aromatic heterocycles. The Morgan fingerprint density at radius 1 is 1.24 bits per heavy atom. The first-order valence-electron chi connectivity index (χ1n) is 6.26. The standard InChI is InChI=1S/C12H24F3NO/c1-4-7-16-9-11(10(2)3)17-8-5-6-12(13,14)15/h10-11,16H,4-9H2,1-3H3. The van der Waals surface area contributed by atoms with Gasteiger partial charge in [0.25, 0.3) is 0 Å². The van der Waals surface area contributed by atoms with Crippen molar-refractivity contribution in [2.24, 2.45) is 5.92 Å². The molecule has 0 fully saturated rings. The van der Waals surface area contributed by atoms with Crippen molar-refractivity contribution in [3.8, 4) is 0 Å². The van der Waals surface area contributed by atoms with Gasteiger partial charge < -0.3 is 10.1 Å². The molecule has 0 aromatic carbocycles. The molecule has 1 N–H and O–H groups in total. The van der Waals surface area contributed by atoms with Crippen LogP contribution in [0.1, 0.15) is 40.0 Å². The Morgan fingerprint density at radius 2 is 1.88 bits per heavy atom. The highest BCUT2D eigenvalue weighted by Crippen LogP contribution is 2.21. The molecular weight excluding hydrogens is 231 g/mol. The van der Waals surface area contributed by atoms with Crippen molar-refractivity contribution in [1.29, 1.82) is 0 Å². The highest BCUT2D eigenvalue weighted by atomic mass is 19.4. The molecule has 0 radical (unpaired) electrons. The van der Waals surface area contributed by atoms with Crippen LogP contribution in [0, 0.1) is 5.92 Å². The van der Waals surface area contributed by atoms with E-state index in [0.717, 1.165) is 13.0 Å². The number of rotatable bonds is 9. The zero-order valence-electron chi connectivity index (χ0n) is 10.9. The average molecular weight is 255 g/mol.